The number of aliphatic hydroxyl groups is 1. The zero-order valence-corrected chi connectivity index (χ0v) is 10.4. The second kappa shape index (κ2) is 5.06. The number of hydrogen-bond acceptors (Lipinski definition) is 0. The lowest BCUT2D eigenvalue weighted by molar-refractivity contribution is 0.254. The van der Waals surface area contributed by atoms with Crippen molar-refractivity contribution in [3.05, 3.63) is 35.4 Å². The van der Waals surface area contributed by atoms with Crippen molar-refractivity contribution in [1.82, 2.24) is 0 Å². The maximum atomic E-state index is 12.0. The Morgan fingerprint density at radius 3 is 2.06 bits per heavy atom. The molecule has 1 aromatic rings. The Morgan fingerprint density at radius 1 is 1.19 bits per heavy atom. The number of rotatable bonds is 2. The molecule has 0 amide bonds. The molecule has 1 N–H and O–H groups in total. The van der Waals surface area contributed by atoms with Gasteiger partial charge in [0.05, 0.1) is 0 Å². The van der Waals surface area contributed by atoms with E-state index in [0.717, 1.165) is 5.56 Å². The first-order chi connectivity index (χ1) is 7.30. The molecule has 0 spiro atoms. The maximum absolute atomic E-state index is 12.0. The fourth-order valence-electron chi connectivity index (χ4n) is 1.29. The molecular weight excluding hydrogens is 230 g/mol. The molecule has 0 radical (unpaired) electrons. The van der Waals surface area contributed by atoms with Gasteiger partial charge in [0.15, 0.2) is 0 Å². The summed E-state index contributed by atoms with van der Waals surface area (Å²) in [5.41, 5.74) is 1.59. The molecule has 0 aliphatic carbocycles. The predicted octanol–water partition coefficient (Wildman–Crippen LogP) is 3.71. The van der Waals surface area contributed by atoms with Crippen molar-refractivity contribution in [3.8, 4) is 0 Å². The van der Waals surface area contributed by atoms with E-state index < -0.39 is 5.76 Å². The van der Waals surface area contributed by atoms with Gasteiger partial charge >= 0.3 is 0 Å². The Balaban J connectivity index is 2.96. The molecule has 0 aliphatic rings. The van der Waals surface area contributed by atoms with Crippen LogP contribution < -0.4 is 0 Å². The summed E-state index contributed by atoms with van der Waals surface area (Å²) in [6, 6.07) is 7.05. The van der Waals surface area contributed by atoms with Crippen molar-refractivity contribution in [1.29, 1.82) is 0 Å². The number of benzene rings is 1. The first-order valence-corrected chi connectivity index (χ1v) is 5.93. The van der Waals surface area contributed by atoms with Crippen LogP contribution in [-0.2, 0) is 5.41 Å². The van der Waals surface area contributed by atoms with Gasteiger partial charge in [0.2, 0.25) is 0 Å². The Morgan fingerprint density at radius 2 is 1.69 bits per heavy atom. The van der Waals surface area contributed by atoms with E-state index in [9.17, 15) is 13.9 Å². The van der Waals surface area contributed by atoms with Crippen molar-refractivity contribution < 1.29 is 13.9 Å². The van der Waals surface area contributed by atoms with Gasteiger partial charge in [0.1, 0.15) is 5.05 Å². The molecule has 0 atom stereocenters. The summed E-state index contributed by atoms with van der Waals surface area (Å²) in [5, 5.41) is 9.13. The van der Waals surface area contributed by atoms with Gasteiger partial charge in [-0.15, -0.1) is 11.4 Å². The molecule has 0 saturated heterocycles. The molecule has 1 rings (SSSR count). The van der Waals surface area contributed by atoms with Gasteiger partial charge < -0.3 is 5.11 Å². The van der Waals surface area contributed by atoms with Crippen LogP contribution in [0.3, 0.4) is 0 Å². The van der Waals surface area contributed by atoms with E-state index in [0.29, 0.717) is 5.56 Å². The van der Waals surface area contributed by atoms with Gasteiger partial charge in [0, 0.05) is 5.56 Å². The van der Waals surface area contributed by atoms with Gasteiger partial charge in [-0.1, -0.05) is 45.0 Å². The number of aliphatic hydroxyl groups excluding tert-OH is 1. The normalized spacial score (nSPS) is 13.8. The van der Waals surface area contributed by atoms with Crippen LogP contribution in [0.2, 0.25) is 0 Å². The molecule has 0 unspecified atom stereocenters. The summed E-state index contributed by atoms with van der Waals surface area (Å²) >= 11 is -0.339. The number of halogens is 2. The van der Waals surface area contributed by atoms with Crippen molar-refractivity contribution in [2.24, 2.45) is 0 Å². The maximum Gasteiger partial charge on any atom is 0.279 e. The number of hydrogen-bond donors (Lipinski definition) is 2. The molecule has 0 saturated carbocycles. The standard InChI is InChI=1S/C12H16F2OS/c1-12(2,3)9-6-4-8(5-7-9)10(15)16-11(13)14/h4-7,11,15-16H,1-3H3. The predicted molar refractivity (Wildman–Crippen MR) is 66.9 cm³/mol. The zero-order valence-electron chi connectivity index (χ0n) is 9.54. The van der Waals surface area contributed by atoms with Crippen molar-refractivity contribution >= 4 is 16.4 Å². The van der Waals surface area contributed by atoms with E-state index in [2.05, 4.69) is 20.8 Å². The van der Waals surface area contributed by atoms with Gasteiger partial charge in [-0.05, 0) is 11.0 Å². The Labute approximate surface area is 98.1 Å². The van der Waals surface area contributed by atoms with Gasteiger partial charge in [-0.3, -0.25) is 0 Å². The largest absolute Gasteiger partial charge is 0.355 e. The molecule has 0 bridgehead atoms. The highest BCUT2D eigenvalue weighted by Crippen LogP contribution is 2.22. The summed E-state index contributed by atoms with van der Waals surface area (Å²) in [4.78, 5) is 0. The molecule has 16 heavy (non-hydrogen) atoms. The van der Waals surface area contributed by atoms with Crippen LogP contribution in [0, 0.1) is 0 Å². The highest BCUT2D eigenvalue weighted by Gasteiger charge is 2.13. The lowest BCUT2D eigenvalue weighted by atomic mass is 9.87. The molecule has 0 fully saturated rings. The quantitative estimate of drug-likeness (QED) is 0.602. The van der Waals surface area contributed by atoms with Crippen LogP contribution >= 0.6 is 11.4 Å². The molecule has 90 valence electrons. The molecular formula is C12H16F2OS. The van der Waals surface area contributed by atoms with Crippen LogP contribution in [0.5, 0.6) is 0 Å². The molecule has 1 aromatic carbocycles. The van der Waals surface area contributed by atoms with Gasteiger partial charge in [-0.2, -0.15) is 8.78 Å². The van der Waals surface area contributed by atoms with E-state index >= 15 is 0 Å². The first-order valence-electron chi connectivity index (χ1n) is 4.96. The average Bonchev–Trinajstić information content (AvgIpc) is 2.15. The van der Waals surface area contributed by atoms with Crippen molar-refractivity contribution in [2.45, 2.75) is 31.9 Å². The second-order valence-corrected chi connectivity index (χ2v) is 5.63. The summed E-state index contributed by atoms with van der Waals surface area (Å²) in [6.45, 7) is 6.22. The third kappa shape index (κ3) is 3.68. The van der Waals surface area contributed by atoms with Crippen molar-refractivity contribution in [2.75, 3.05) is 0 Å². The lowest BCUT2D eigenvalue weighted by Crippen LogP contribution is -2.11. The molecule has 4 heteroatoms. The van der Waals surface area contributed by atoms with Crippen LogP contribution in [-0.4, -0.2) is 15.9 Å². The Hall–Kier alpha value is -0.740. The highest BCUT2D eigenvalue weighted by molar-refractivity contribution is 7.99. The van der Waals surface area contributed by atoms with Gasteiger partial charge in [-0.25, -0.2) is 0 Å². The minimum atomic E-state index is -2.54. The first kappa shape index (κ1) is 13.3. The van der Waals surface area contributed by atoms with Gasteiger partial charge in [0.25, 0.3) is 5.76 Å². The topological polar surface area (TPSA) is 20.2 Å². The molecule has 1 nitrogen and oxygen atoms in total. The summed E-state index contributed by atoms with van der Waals surface area (Å²) in [5.74, 6) is -2.54. The van der Waals surface area contributed by atoms with Crippen molar-refractivity contribution in [3.63, 3.8) is 0 Å². The van der Waals surface area contributed by atoms with Crippen LogP contribution in [0.1, 0.15) is 31.9 Å². The summed E-state index contributed by atoms with van der Waals surface area (Å²) in [6.07, 6.45) is 0. The Kier molecular flexibility index (Phi) is 4.21. The third-order valence-corrected chi connectivity index (χ3v) is 2.93. The molecule has 0 aliphatic heterocycles. The van der Waals surface area contributed by atoms with E-state index in [1.54, 1.807) is 12.1 Å². The Bertz CT molecular complexity index is 377. The van der Waals surface area contributed by atoms with E-state index in [-0.39, 0.29) is 21.8 Å². The van der Waals surface area contributed by atoms with E-state index in [4.69, 9.17) is 0 Å². The molecule has 0 heterocycles. The summed E-state index contributed by atoms with van der Waals surface area (Å²) in [7, 11) is 0. The molecule has 0 aromatic heterocycles. The SMILES string of the molecule is CC(C)(C)c1ccc(C(O)=[SH]C(F)F)cc1. The fraction of sp³-hybridized carbons (Fsp3) is 0.417. The number of thiol groups is 1. The van der Waals surface area contributed by atoms with Crippen LogP contribution in [0.15, 0.2) is 24.3 Å². The fourth-order valence-corrected chi connectivity index (χ4v) is 1.77. The monoisotopic (exact) mass is 246 g/mol. The zero-order chi connectivity index (χ0) is 12.3. The minimum absolute atomic E-state index is 0.0224. The average molecular weight is 246 g/mol. The van der Waals surface area contributed by atoms with Crippen LogP contribution in [0.25, 0.3) is 0 Å². The third-order valence-electron chi connectivity index (χ3n) is 2.23. The highest BCUT2D eigenvalue weighted by atomic mass is 32.1. The lowest BCUT2D eigenvalue weighted by Gasteiger charge is -2.19. The van der Waals surface area contributed by atoms with Crippen LogP contribution in [0.4, 0.5) is 8.78 Å². The minimum Gasteiger partial charge on any atom is -0.355 e. The van der Waals surface area contributed by atoms with E-state index in [1.807, 2.05) is 12.1 Å². The van der Waals surface area contributed by atoms with E-state index in [1.165, 1.54) is 0 Å². The second-order valence-electron chi connectivity index (χ2n) is 4.56. The summed E-state index contributed by atoms with van der Waals surface area (Å²) < 4.78 is 24.1. The number of alkyl halides is 2. The smallest absolute Gasteiger partial charge is 0.279 e.